The number of halogens is 3. The lowest BCUT2D eigenvalue weighted by atomic mass is 9.91. The molecule has 1 saturated heterocycles. The zero-order chi connectivity index (χ0) is 33.7. The first kappa shape index (κ1) is 33.9. The molecule has 1 atom stereocenters. The topological polar surface area (TPSA) is 88.1 Å². The van der Waals surface area contributed by atoms with Crippen molar-refractivity contribution in [3.63, 3.8) is 0 Å². The normalized spacial score (nSPS) is 14.9. The minimum atomic E-state index is -0.887. The van der Waals surface area contributed by atoms with Crippen LogP contribution in [0.2, 0.25) is 5.02 Å². The number of hydrogen-bond donors (Lipinski definition) is 2. The molecule has 1 amide bonds. The molecule has 1 fully saturated rings. The van der Waals surface area contributed by atoms with Crippen molar-refractivity contribution >= 4 is 23.5 Å². The van der Waals surface area contributed by atoms with Crippen molar-refractivity contribution in [2.75, 3.05) is 13.6 Å². The van der Waals surface area contributed by atoms with E-state index in [1.54, 1.807) is 25.2 Å². The number of nitrogens with zero attached hydrogens (tertiary/aromatic N) is 1. The van der Waals surface area contributed by atoms with Gasteiger partial charge in [-0.15, -0.1) is 0 Å². The number of piperidine rings is 1. The molecule has 1 aliphatic rings. The molecule has 1 heterocycles. The Hall–Kier alpha value is -4.47. The maximum absolute atomic E-state index is 13.9. The molecule has 2 N–H and O–H groups in total. The predicted octanol–water partition coefficient (Wildman–Crippen LogP) is 7.86. The summed E-state index contributed by atoms with van der Waals surface area (Å²) in [5.74, 6) is -1.76. The van der Waals surface area contributed by atoms with E-state index >= 15 is 0 Å². The molecule has 47 heavy (non-hydrogen) atoms. The third-order valence-electron chi connectivity index (χ3n) is 8.63. The summed E-state index contributed by atoms with van der Waals surface area (Å²) < 4.78 is 40.1. The summed E-state index contributed by atoms with van der Waals surface area (Å²) in [4.78, 5) is 26.3. The van der Waals surface area contributed by atoms with Gasteiger partial charge < -0.3 is 19.9 Å². The fourth-order valence-electron chi connectivity index (χ4n) is 6.07. The third kappa shape index (κ3) is 7.92. The van der Waals surface area contributed by atoms with Crippen molar-refractivity contribution in [1.29, 1.82) is 0 Å². The smallest absolute Gasteiger partial charge is 0.320 e. The fraction of sp³-hybridized carbons (Fsp3) is 0.297. The molecule has 4 aromatic rings. The first-order chi connectivity index (χ1) is 22.5. The number of carboxylic acids is 1. The highest BCUT2D eigenvalue weighted by Crippen LogP contribution is 2.37. The van der Waals surface area contributed by atoms with Crippen molar-refractivity contribution in [1.82, 2.24) is 10.2 Å². The molecule has 0 saturated carbocycles. The van der Waals surface area contributed by atoms with E-state index in [2.05, 4.69) is 5.32 Å². The van der Waals surface area contributed by atoms with Crippen LogP contribution in [0.3, 0.4) is 0 Å². The molecule has 10 heteroatoms. The first-order valence-corrected chi connectivity index (χ1v) is 15.8. The number of hydrogen-bond acceptors (Lipinski definition) is 5. The first-order valence-electron chi connectivity index (χ1n) is 15.5. The van der Waals surface area contributed by atoms with Gasteiger partial charge >= 0.3 is 5.97 Å². The second-order valence-corrected chi connectivity index (χ2v) is 12.1. The molecule has 1 aliphatic heterocycles. The van der Waals surface area contributed by atoms with E-state index in [9.17, 15) is 23.5 Å². The van der Waals surface area contributed by atoms with Gasteiger partial charge in [-0.2, -0.15) is 0 Å². The Labute approximate surface area is 278 Å². The van der Waals surface area contributed by atoms with Gasteiger partial charge in [0.1, 0.15) is 42.4 Å². The van der Waals surface area contributed by atoms with Crippen molar-refractivity contribution in [3.05, 3.63) is 117 Å². The lowest BCUT2D eigenvalue weighted by molar-refractivity contribution is -0.144. The minimum Gasteiger partial charge on any atom is -0.488 e. The summed E-state index contributed by atoms with van der Waals surface area (Å²) in [5, 5.41) is 12.8. The standard InChI is InChI=1S/C37H37ClF2N2O5/c1-22-25(8-6-9-29(22)30-10-7-11-31(23(30)2)36(43)41-3)21-47-35-18-34(46-20-24-14-27(39)17-28(40)15-24)26(16-32(35)38)19-42-13-5-4-12-33(42)37(44)45/h6-11,14-18,33H,4-5,12-13,19-21H2,1-3H3,(H,41,43)(H,44,45)/t33-/m0/s1. The molecule has 0 aromatic heterocycles. The SMILES string of the molecule is CNC(=O)c1cccc(-c2cccc(COc3cc(OCc4cc(F)cc(F)c4)c(CN4CCCC[C@H]4C(=O)O)cc3Cl)c2C)c1C. The Bertz CT molecular complexity index is 1780. The molecule has 0 unspecified atom stereocenters. The molecule has 0 bridgehead atoms. The number of carboxylic acid groups (broad SMARTS) is 1. The van der Waals surface area contributed by atoms with Crippen LogP contribution in [0.15, 0.2) is 66.7 Å². The van der Waals surface area contributed by atoms with E-state index in [4.69, 9.17) is 21.1 Å². The minimum absolute atomic E-state index is 0.124. The maximum atomic E-state index is 13.9. The number of ether oxygens (including phenoxy) is 2. The Morgan fingerprint density at radius 2 is 1.57 bits per heavy atom. The number of amides is 1. The molecule has 0 spiro atoms. The summed E-state index contributed by atoms with van der Waals surface area (Å²) >= 11 is 6.74. The van der Waals surface area contributed by atoms with Gasteiger partial charge in [0, 0.05) is 36.9 Å². The zero-order valence-corrected chi connectivity index (χ0v) is 27.3. The predicted molar refractivity (Wildman–Crippen MR) is 177 cm³/mol. The summed E-state index contributed by atoms with van der Waals surface area (Å²) in [6.07, 6.45) is 2.23. The van der Waals surface area contributed by atoms with Crippen LogP contribution in [0, 0.1) is 25.5 Å². The van der Waals surface area contributed by atoms with Gasteiger partial charge in [-0.3, -0.25) is 14.5 Å². The van der Waals surface area contributed by atoms with E-state index < -0.39 is 23.6 Å². The van der Waals surface area contributed by atoms with Crippen LogP contribution < -0.4 is 14.8 Å². The van der Waals surface area contributed by atoms with Crippen molar-refractivity contribution < 1.29 is 33.0 Å². The average molecular weight is 663 g/mol. The van der Waals surface area contributed by atoms with Gasteiger partial charge in [0.25, 0.3) is 5.91 Å². The number of nitrogens with one attached hydrogen (secondary N) is 1. The van der Waals surface area contributed by atoms with Crippen molar-refractivity contribution in [2.24, 2.45) is 0 Å². The van der Waals surface area contributed by atoms with Gasteiger partial charge in [-0.1, -0.05) is 48.4 Å². The van der Waals surface area contributed by atoms with Gasteiger partial charge in [0.2, 0.25) is 0 Å². The van der Waals surface area contributed by atoms with Gasteiger partial charge in [0.05, 0.1) is 5.02 Å². The zero-order valence-electron chi connectivity index (χ0n) is 26.5. The number of rotatable bonds is 11. The Morgan fingerprint density at radius 3 is 2.28 bits per heavy atom. The van der Waals surface area contributed by atoms with Crippen LogP contribution in [0.4, 0.5) is 8.78 Å². The fourth-order valence-corrected chi connectivity index (χ4v) is 6.31. The third-order valence-corrected chi connectivity index (χ3v) is 8.92. The lowest BCUT2D eigenvalue weighted by Crippen LogP contribution is -2.44. The van der Waals surface area contributed by atoms with Crippen LogP contribution in [-0.2, 0) is 24.6 Å². The molecule has 0 aliphatic carbocycles. The average Bonchev–Trinajstić information content (AvgIpc) is 3.04. The molecule has 5 rings (SSSR count). The number of benzene rings is 4. The number of carbonyl (C=O) groups excluding carboxylic acids is 1. The quantitative estimate of drug-likeness (QED) is 0.170. The Balaban J connectivity index is 1.43. The number of aliphatic carboxylic acids is 1. The molecule has 0 radical (unpaired) electrons. The van der Waals surface area contributed by atoms with Gasteiger partial charge in [-0.25, -0.2) is 8.78 Å². The Morgan fingerprint density at radius 1 is 0.894 bits per heavy atom. The summed E-state index contributed by atoms with van der Waals surface area (Å²) in [7, 11) is 1.60. The van der Waals surface area contributed by atoms with E-state index in [1.807, 2.05) is 49.1 Å². The lowest BCUT2D eigenvalue weighted by Gasteiger charge is -2.33. The van der Waals surface area contributed by atoms with Crippen LogP contribution in [0.1, 0.15) is 57.4 Å². The van der Waals surface area contributed by atoms with E-state index in [0.29, 0.717) is 46.2 Å². The van der Waals surface area contributed by atoms with Crippen LogP contribution in [-0.4, -0.2) is 41.5 Å². The number of carbonyl (C=O) groups is 2. The molecule has 4 aromatic carbocycles. The van der Waals surface area contributed by atoms with Crippen LogP contribution >= 0.6 is 11.6 Å². The highest BCUT2D eigenvalue weighted by molar-refractivity contribution is 6.32. The van der Waals surface area contributed by atoms with E-state index in [-0.39, 0.29) is 25.7 Å². The molecular formula is C37H37ClF2N2O5. The second kappa shape index (κ2) is 15.0. The summed E-state index contributed by atoms with van der Waals surface area (Å²) in [6, 6.07) is 17.4. The maximum Gasteiger partial charge on any atom is 0.320 e. The highest BCUT2D eigenvalue weighted by Gasteiger charge is 2.29. The molecular weight excluding hydrogens is 626 g/mol. The van der Waals surface area contributed by atoms with Crippen molar-refractivity contribution in [2.45, 2.75) is 58.9 Å². The monoisotopic (exact) mass is 662 g/mol. The van der Waals surface area contributed by atoms with E-state index in [1.165, 1.54) is 12.1 Å². The van der Waals surface area contributed by atoms with Crippen LogP contribution in [0.5, 0.6) is 11.5 Å². The Kier molecular flexibility index (Phi) is 10.8. The largest absolute Gasteiger partial charge is 0.488 e. The molecule has 7 nitrogen and oxygen atoms in total. The van der Waals surface area contributed by atoms with Crippen LogP contribution in [0.25, 0.3) is 11.1 Å². The van der Waals surface area contributed by atoms with Crippen molar-refractivity contribution in [3.8, 4) is 22.6 Å². The van der Waals surface area contributed by atoms with Gasteiger partial charge in [-0.05, 0) is 90.9 Å². The van der Waals surface area contributed by atoms with E-state index in [0.717, 1.165) is 46.7 Å². The second-order valence-electron chi connectivity index (χ2n) is 11.7. The summed E-state index contributed by atoms with van der Waals surface area (Å²) in [6.45, 7) is 4.83. The van der Waals surface area contributed by atoms with Gasteiger partial charge in [0.15, 0.2) is 0 Å². The summed E-state index contributed by atoms with van der Waals surface area (Å²) in [5.41, 5.74) is 6.20. The highest BCUT2D eigenvalue weighted by atomic mass is 35.5. The molecule has 246 valence electrons. The number of likely N-dealkylation sites (tertiary alicyclic amines) is 1.